The van der Waals surface area contributed by atoms with Crippen LogP contribution < -0.4 is 11.0 Å². The van der Waals surface area contributed by atoms with Crippen LogP contribution in [-0.4, -0.2) is 32.1 Å². The SMILES string of the molecule is [2H][C@H](C)[C@@]12CS[C@@H]([C@H](n3cc(C)c(NC(=O)c4ccccc4)nc3=O)O1)[C@@H]2C. The number of carbonyl (C=O) groups is 1. The molecule has 2 aliphatic rings. The van der Waals surface area contributed by atoms with E-state index in [1.54, 1.807) is 49.1 Å². The second-order valence-corrected chi connectivity index (χ2v) is 8.27. The van der Waals surface area contributed by atoms with Crippen LogP contribution >= 0.6 is 11.8 Å². The van der Waals surface area contributed by atoms with E-state index in [9.17, 15) is 9.59 Å². The molecule has 142 valence electrons. The number of aromatic nitrogens is 2. The van der Waals surface area contributed by atoms with Crippen molar-refractivity contribution < 1.29 is 10.9 Å². The minimum atomic E-state index is -0.534. The van der Waals surface area contributed by atoms with Gasteiger partial charge in [-0.1, -0.05) is 32.0 Å². The number of fused-ring (bicyclic) bond motifs is 2. The molecule has 4 rings (SSSR count). The molecule has 2 fully saturated rings. The maximum Gasteiger partial charge on any atom is 0.351 e. The van der Waals surface area contributed by atoms with Gasteiger partial charge >= 0.3 is 5.69 Å². The van der Waals surface area contributed by atoms with Crippen molar-refractivity contribution >= 4 is 23.5 Å². The number of amides is 1. The van der Waals surface area contributed by atoms with Crippen molar-refractivity contribution in [2.75, 3.05) is 11.1 Å². The summed E-state index contributed by atoms with van der Waals surface area (Å²) in [5, 5.41) is 2.82. The largest absolute Gasteiger partial charge is 0.351 e. The van der Waals surface area contributed by atoms with Crippen LogP contribution in [0.15, 0.2) is 41.3 Å². The summed E-state index contributed by atoms with van der Waals surface area (Å²) in [7, 11) is 0. The summed E-state index contributed by atoms with van der Waals surface area (Å²) < 4.78 is 16.0. The van der Waals surface area contributed by atoms with Crippen molar-refractivity contribution in [3.63, 3.8) is 0 Å². The van der Waals surface area contributed by atoms with Gasteiger partial charge in [0.05, 0.1) is 10.9 Å². The van der Waals surface area contributed by atoms with Crippen LogP contribution in [0, 0.1) is 12.8 Å². The number of ether oxygens (including phenoxy) is 1. The van der Waals surface area contributed by atoms with Gasteiger partial charge in [0.1, 0.15) is 5.82 Å². The molecule has 0 unspecified atom stereocenters. The number of aryl methyl sites for hydroxylation is 1. The molecule has 1 aromatic heterocycles. The predicted octanol–water partition coefficient (Wildman–Crippen LogP) is 3.23. The van der Waals surface area contributed by atoms with Crippen LogP contribution in [0.5, 0.6) is 0 Å². The zero-order valence-corrected chi connectivity index (χ0v) is 16.3. The number of hydrogen-bond donors (Lipinski definition) is 1. The lowest BCUT2D eigenvalue weighted by molar-refractivity contribution is -0.0744. The molecule has 1 amide bonds. The molecule has 3 heterocycles. The van der Waals surface area contributed by atoms with Gasteiger partial charge in [-0.15, -0.1) is 0 Å². The van der Waals surface area contributed by atoms with Gasteiger partial charge in [0.25, 0.3) is 5.91 Å². The summed E-state index contributed by atoms with van der Waals surface area (Å²) in [4.78, 5) is 29.2. The number of nitrogens with zero attached hydrogens (tertiary/aromatic N) is 2. The predicted molar refractivity (Wildman–Crippen MR) is 106 cm³/mol. The first-order valence-electron chi connectivity index (χ1n) is 9.59. The normalized spacial score (nSPS) is 30.8. The second kappa shape index (κ2) is 6.80. The van der Waals surface area contributed by atoms with E-state index in [4.69, 9.17) is 6.11 Å². The van der Waals surface area contributed by atoms with Gasteiger partial charge in [-0.2, -0.15) is 16.7 Å². The molecule has 1 N–H and O–H groups in total. The standard InChI is InChI=1S/C20H23N3O3S/c1-4-20-11-27-15(13(20)3)18(26-20)23-10-12(2)16(22-19(23)25)21-17(24)14-8-6-5-7-9-14/h5-10,13,15,18H,4,11H2,1-3H3,(H,21,22,24,25)/t13-,15+,18+,20-/m0/s1/i4D/t4-,13+,15-,18-,20+/m1. The number of thioether (sulfide) groups is 1. The Morgan fingerprint density at radius 1 is 1.48 bits per heavy atom. The highest BCUT2D eigenvalue weighted by Gasteiger charge is 2.58. The van der Waals surface area contributed by atoms with Crippen molar-refractivity contribution in [1.82, 2.24) is 9.55 Å². The van der Waals surface area contributed by atoms with E-state index in [2.05, 4.69) is 17.2 Å². The van der Waals surface area contributed by atoms with Gasteiger partial charge in [-0.05, 0) is 25.5 Å². The average molecular weight is 386 g/mol. The van der Waals surface area contributed by atoms with Gasteiger partial charge < -0.3 is 10.1 Å². The van der Waals surface area contributed by atoms with Crippen molar-refractivity contribution in [2.45, 2.75) is 44.2 Å². The topological polar surface area (TPSA) is 73.2 Å². The Balaban J connectivity index is 1.61. The van der Waals surface area contributed by atoms with E-state index in [1.165, 1.54) is 4.57 Å². The van der Waals surface area contributed by atoms with Crippen LogP contribution in [0.25, 0.3) is 0 Å². The fraction of sp³-hybridized carbons (Fsp3) is 0.450. The van der Waals surface area contributed by atoms with Crippen LogP contribution in [0.3, 0.4) is 0 Å². The molecule has 2 saturated heterocycles. The Bertz CT molecular complexity index is 965. The summed E-state index contributed by atoms with van der Waals surface area (Å²) in [6, 6.07) is 8.80. The van der Waals surface area contributed by atoms with Crippen LogP contribution in [-0.2, 0) is 4.74 Å². The Morgan fingerprint density at radius 2 is 2.22 bits per heavy atom. The monoisotopic (exact) mass is 386 g/mol. The minimum absolute atomic E-state index is 0.108. The highest BCUT2D eigenvalue weighted by Crippen LogP contribution is 2.56. The van der Waals surface area contributed by atoms with E-state index >= 15 is 0 Å². The fourth-order valence-electron chi connectivity index (χ4n) is 3.82. The third-order valence-electron chi connectivity index (χ3n) is 5.55. The number of benzene rings is 1. The Kier molecular flexibility index (Phi) is 4.28. The van der Waals surface area contributed by atoms with E-state index in [1.807, 2.05) is 13.0 Å². The van der Waals surface area contributed by atoms with Gasteiger partial charge in [0, 0.05) is 30.4 Å². The van der Waals surface area contributed by atoms with E-state index < -0.39 is 17.5 Å². The maximum absolute atomic E-state index is 12.7. The zero-order valence-electron chi connectivity index (χ0n) is 16.5. The van der Waals surface area contributed by atoms with Crippen molar-refractivity contribution in [2.24, 2.45) is 5.92 Å². The quantitative estimate of drug-likeness (QED) is 0.873. The Hall–Kier alpha value is -2.12. The number of carbonyl (C=O) groups excluding carboxylic acids is 1. The summed E-state index contributed by atoms with van der Waals surface area (Å²) >= 11 is 1.75. The molecule has 2 aliphatic heterocycles. The maximum atomic E-state index is 12.7. The molecule has 0 radical (unpaired) electrons. The van der Waals surface area contributed by atoms with Crippen molar-refractivity contribution in [3.8, 4) is 0 Å². The third kappa shape index (κ3) is 2.99. The number of hydrogen-bond acceptors (Lipinski definition) is 5. The fourth-order valence-corrected chi connectivity index (χ4v) is 5.64. The molecule has 7 heteroatoms. The average Bonchev–Trinajstić information content (AvgIpc) is 3.16. The summed E-state index contributed by atoms with van der Waals surface area (Å²) in [6.45, 7) is 5.74. The molecule has 27 heavy (non-hydrogen) atoms. The molecule has 2 bridgehead atoms. The summed E-state index contributed by atoms with van der Waals surface area (Å²) in [5.74, 6) is 0.893. The molecule has 0 aliphatic carbocycles. The number of anilines is 1. The van der Waals surface area contributed by atoms with Gasteiger partial charge in [0.15, 0.2) is 6.23 Å². The molecule has 5 atom stereocenters. The highest BCUT2D eigenvalue weighted by molar-refractivity contribution is 8.00. The first-order valence-corrected chi connectivity index (χ1v) is 10.1. The van der Waals surface area contributed by atoms with Gasteiger partial charge in [-0.3, -0.25) is 9.36 Å². The third-order valence-corrected chi connectivity index (χ3v) is 7.20. The molecular weight excluding hydrogens is 362 g/mol. The molecule has 1 aromatic carbocycles. The lowest BCUT2D eigenvalue weighted by atomic mass is 9.88. The molecule has 2 aromatic rings. The molecule has 0 spiro atoms. The number of nitrogens with one attached hydrogen (secondary N) is 1. The minimum Gasteiger partial charge on any atom is -0.349 e. The van der Waals surface area contributed by atoms with E-state index in [-0.39, 0.29) is 29.3 Å². The zero-order chi connectivity index (χ0) is 20.1. The van der Waals surface area contributed by atoms with Crippen LogP contribution in [0.1, 0.15) is 43.8 Å². The van der Waals surface area contributed by atoms with Gasteiger partial charge in [-0.25, -0.2) is 4.79 Å². The summed E-state index contributed by atoms with van der Waals surface area (Å²) in [6.07, 6.45) is 0.870. The molecule has 6 nitrogen and oxygen atoms in total. The lowest BCUT2D eigenvalue weighted by Crippen LogP contribution is -2.37. The second-order valence-electron chi connectivity index (χ2n) is 7.10. The molecular formula is C20H23N3O3S. The van der Waals surface area contributed by atoms with Crippen LogP contribution in [0.4, 0.5) is 5.82 Å². The molecule has 0 saturated carbocycles. The van der Waals surface area contributed by atoms with E-state index in [0.717, 1.165) is 5.75 Å². The van der Waals surface area contributed by atoms with E-state index in [0.29, 0.717) is 11.1 Å². The lowest BCUT2D eigenvalue weighted by Gasteiger charge is -2.31. The first kappa shape index (κ1) is 17.0. The first-order chi connectivity index (χ1) is 13.3. The summed E-state index contributed by atoms with van der Waals surface area (Å²) in [5.41, 5.74) is 0.182. The number of rotatable bonds is 4. The van der Waals surface area contributed by atoms with Crippen molar-refractivity contribution in [3.05, 3.63) is 58.1 Å². The Labute approximate surface area is 163 Å². The van der Waals surface area contributed by atoms with Gasteiger partial charge in [0.2, 0.25) is 0 Å². The highest BCUT2D eigenvalue weighted by atomic mass is 32.2. The Morgan fingerprint density at radius 3 is 2.89 bits per heavy atom. The van der Waals surface area contributed by atoms with Crippen LogP contribution in [0.2, 0.25) is 0 Å². The smallest absolute Gasteiger partial charge is 0.349 e. The van der Waals surface area contributed by atoms with Crippen molar-refractivity contribution in [1.29, 1.82) is 0 Å².